The normalized spacial score (nSPS) is 26.8. The summed E-state index contributed by atoms with van der Waals surface area (Å²) < 4.78 is 6.14. The van der Waals surface area contributed by atoms with Crippen molar-refractivity contribution in [2.75, 3.05) is 0 Å². The highest BCUT2D eigenvalue weighted by Crippen LogP contribution is 2.37. The Morgan fingerprint density at radius 3 is 2.75 bits per heavy atom. The molecule has 0 amide bonds. The minimum atomic E-state index is 0.214. The minimum absolute atomic E-state index is 0.214. The summed E-state index contributed by atoms with van der Waals surface area (Å²) in [6, 6.07) is 1.84. The van der Waals surface area contributed by atoms with Crippen LogP contribution in [0.15, 0.2) is 12.3 Å². The van der Waals surface area contributed by atoms with E-state index < -0.39 is 0 Å². The maximum atomic E-state index is 6.24. The van der Waals surface area contributed by atoms with Crippen molar-refractivity contribution in [1.82, 2.24) is 4.98 Å². The summed E-state index contributed by atoms with van der Waals surface area (Å²) in [7, 11) is 0. The molecule has 0 aromatic carbocycles. The molecule has 3 unspecified atom stereocenters. The molecule has 112 valence electrons. The number of aromatic nitrogens is 1. The number of ether oxygens (including phenoxy) is 1. The van der Waals surface area contributed by atoms with Crippen LogP contribution < -0.4 is 4.74 Å². The van der Waals surface area contributed by atoms with Crippen LogP contribution in [0.3, 0.4) is 0 Å². The van der Waals surface area contributed by atoms with E-state index in [2.05, 4.69) is 25.8 Å². The molecule has 1 fully saturated rings. The predicted molar refractivity (Wildman–Crippen MR) is 84.6 cm³/mol. The van der Waals surface area contributed by atoms with Crippen LogP contribution in [0.4, 0.5) is 0 Å². The van der Waals surface area contributed by atoms with Gasteiger partial charge in [0, 0.05) is 12.1 Å². The highest BCUT2D eigenvalue weighted by molar-refractivity contribution is 6.32. The first-order chi connectivity index (χ1) is 9.51. The van der Waals surface area contributed by atoms with Crippen LogP contribution in [0, 0.1) is 17.8 Å². The van der Waals surface area contributed by atoms with Gasteiger partial charge in [0.05, 0.1) is 0 Å². The lowest BCUT2D eigenvalue weighted by molar-refractivity contribution is 0.0427. The van der Waals surface area contributed by atoms with Crippen LogP contribution >= 0.6 is 23.2 Å². The highest BCUT2D eigenvalue weighted by Gasteiger charge is 2.32. The van der Waals surface area contributed by atoms with E-state index in [1.165, 1.54) is 12.8 Å². The van der Waals surface area contributed by atoms with Gasteiger partial charge in [-0.05, 0) is 42.2 Å². The Bertz CT molecular complexity index is 450. The fourth-order valence-electron chi connectivity index (χ4n) is 3.02. The highest BCUT2D eigenvalue weighted by atomic mass is 35.5. The monoisotopic (exact) mass is 315 g/mol. The Morgan fingerprint density at radius 2 is 2.15 bits per heavy atom. The van der Waals surface area contributed by atoms with Gasteiger partial charge >= 0.3 is 0 Å². The van der Waals surface area contributed by atoms with Crippen molar-refractivity contribution < 1.29 is 4.74 Å². The van der Waals surface area contributed by atoms with Gasteiger partial charge in [-0.15, -0.1) is 11.6 Å². The lowest BCUT2D eigenvalue weighted by Crippen LogP contribution is -2.36. The fraction of sp³-hybridized carbons (Fsp3) is 0.688. The van der Waals surface area contributed by atoms with Crippen molar-refractivity contribution in [3.05, 3.63) is 22.8 Å². The maximum absolute atomic E-state index is 6.24. The van der Waals surface area contributed by atoms with E-state index in [4.69, 9.17) is 27.9 Å². The zero-order chi connectivity index (χ0) is 14.7. The van der Waals surface area contributed by atoms with Crippen LogP contribution in [-0.4, -0.2) is 11.1 Å². The van der Waals surface area contributed by atoms with Crippen LogP contribution in [0.5, 0.6) is 5.88 Å². The van der Waals surface area contributed by atoms with Gasteiger partial charge in [0.25, 0.3) is 0 Å². The van der Waals surface area contributed by atoms with E-state index in [1.807, 2.05) is 6.07 Å². The molecule has 2 nitrogen and oxygen atoms in total. The summed E-state index contributed by atoms with van der Waals surface area (Å²) in [6.07, 6.45) is 5.55. The number of halogens is 2. The summed E-state index contributed by atoms with van der Waals surface area (Å²) >= 11 is 12.0. The lowest BCUT2D eigenvalue weighted by atomic mass is 9.75. The number of alkyl halides is 1. The van der Waals surface area contributed by atoms with E-state index in [1.54, 1.807) is 6.20 Å². The van der Waals surface area contributed by atoms with Gasteiger partial charge in [0.2, 0.25) is 5.88 Å². The molecule has 0 aliphatic heterocycles. The number of hydrogen-bond acceptors (Lipinski definition) is 2. The molecule has 0 radical (unpaired) electrons. The zero-order valence-corrected chi connectivity index (χ0v) is 13.9. The molecule has 1 aromatic rings. The van der Waals surface area contributed by atoms with E-state index in [9.17, 15) is 0 Å². The van der Waals surface area contributed by atoms with Crippen molar-refractivity contribution in [3.8, 4) is 5.88 Å². The van der Waals surface area contributed by atoms with E-state index >= 15 is 0 Å². The molecule has 0 spiro atoms. The molecular weight excluding hydrogens is 293 g/mol. The topological polar surface area (TPSA) is 22.1 Å². The average Bonchev–Trinajstić information content (AvgIpc) is 2.40. The first-order valence-electron chi connectivity index (χ1n) is 7.38. The molecule has 1 heterocycles. The lowest BCUT2D eigenvalue weighted by Gasteiger charge is -2.37. The first-order valence-corrected chi connectivity index (χ1v) is 8.29. The van der Waals surface area contributed by atoms with Crippen molar-refractivity contribution in [2.45, 2.75) is 52.0 Å². The second kappa shape index (κ2) is 7.00. The Kier molecular flexibility index (Phi) is 5.57. The van der Waals surface area contributed by atoms with Crippen LogP contribution in [0.1, 0.15) is 45.6 Å². The quantitative estimate of drug-likeness (QED) is 0.702. The SMILES string of the molecule is CC1CCC(C(C)C)C(Oc2ncc(CCl)cc2Cl)C1. The average molecular weight is 316 g/mol. The molecule has 1 aromatic heterocycles. The standard InChI is InChI=1S/C16H23Cl2NO/c1-10(2)13-5-4-11(3)6-15(13)20-16-14(18)7-12(8-17)9-19-16/h7,9-11,13,15H,4-6,8H2,1-3H3. The summed E-state index contributed by atoms with van der Waals surface area (Å²) in [5.74, 6) is 2.87. The van der Waals surface area contributed by atoms with Crippen LogP contribution in [-0.2, 0) is 5.88 Å². The van der Waals surface area contributed by atoms with Gasteiger partial charge in [-0.2, -0.15) is 0 Å². The third-order valence-electron chi connectivity index (χ3n) is 4.24. The Balaban J connectivity index is 2.13. The van der Waals surface area contributed by atoms with Gasteiger partial charge in [-0.1, -0.05) is 38.8 Å². The number of rotatable bonds is 4. The van der Waals surface area contributed by atoms with Gasteiger partial charge < -0.3 is 4.74 Å². The van der Waals surface area contributed by atoms with E-state index in [0.717, 1.165) is 12.0 Å². The second-order valence-corrected chi connectivity index (χ2v) is 6.92. The number of pyridine rings is 1. The van der Waals surface area contributed by atoms with Crippen molar-refractivity contribution >= 4 is 23.2 Å². The molecule has 20 heavy (non-hydrogen) atoms. The van der Waals surface area contributed by atoms with Crippen molar-refractivity contribution in [1.29, 1.82) is 0 Å². The molecule has 3 atom stereocenters. The maximum Gasteiger partial charge on any atom is 0.232 e. The summed E-state index contributed by atoms with van der Waals surface area (Å²) in [5.41, 5.74) is 0.918. The molecule has 0 saturated heterocycles. The minimum Gasteiger partial charge on any atom is -0.473 e. The molecule has 2 rings (SSSR count). The Labute approximate surface area is 131 Å². The van der Waals surface area contributed by atoms with Gasteiger partial charge in [0.1, 0.15) is 11.1 Å². The first kappa shape index (κ1) is 15.9. The van der Waals surface area contributed by atoms with Crippen LogP contribution in [0.2, 0.25) is 5.02 Å². The molecule has 1 aliphatic carbocycles. The third kappa shape index (κ3) is 3.79. The zero-order valence-electron chi connectivity index (χ0n) is 12.4. The van der Waals surface area contributed by atoms with Gasteiger partial charge in [-0.25, -0.2) is 4.98 Å². The third-order valence-corrected chi connectivity index (χ3v) is 4.82. The molecule has 1 saturated carbocycles. The molecule has 4 heteroatoms. The largest absolute Gasteiger partial charge is 0.473 e. The second-order valence-electron chi connectivity index (χ2n) is 6.25. The summed E-state index contributed by atoms with van der Waals surface area (Å²) in [5, 5.41) is 0.559. The van der Waals surface area contributed by atoms with Crippen molar-refractivity contribution in [2.24, 2.45) is 17.8 Å². The fourth-order valence-corrected chi connectivity index (χ4v) is 3.40. The Hall–Kier alpha value is -0.470. The molecular formula is C16H23Cl2NO. The van der Waals surface area contributed by atoms with Gasteiger partial charge in [0.15, 0.2) is 0 Å². The molecule has 0 bridgehead atoms. The van der Waals surface area contributed by atoms with E-state index in [0.29, 0.717) is 34.5 Å². The summed E-state index contributed by atoms with van der Waals surface area (Å²) in [6.45, 7) is 6.82. The molecule has 0 N–H and O–H groups in total. The van der Waals surface area contributed by atoms with Gasteiger partial charge in [-0.3, -0.25) is 0 Å². The smallest absolute Gasteiger partial charge is 0.232 e. The Morgan fingerprint density at radius 1 is 1.40 bits per heavy atom. The predicted octanol–water partition coefficient (Wildman–Crippen LogP) is 5.31. The number of nitrogens with zero attached hydrogens (tertiary/aromatic N) is 1. The summed E-state index contributed by atoms with van der Waals surface area (Å²) in [4.78, 5) is 4.32. The van der Waals surface area contributed by atoms with Crippen LogP contribution in [0.25, 0.3) is 0 Å². The van der Waals surface area contributed by atoms with Crippen molar-refractivity contribution in [3.63, 3.8) is 0 Å². The van der Waals surface area contributed by atoms with E-state index in [-0.39, 0.29) is 6.10 Å². The number of hydrogen-bond donors (Lipinski definition) is 0. The molecule has 1 aliphatic rings.